The van der Waals surface area contributed by atoms with Crippen LogP contribution in [0.15, 0.2) is 30.3 Å². The third kappa shape index (κ3) is 3.37. The lowest BCUT2D eigenvalue weighted by Crippen LogP contribution is -2.35. The normalized spacial score (nSPS) is 19.9. The van der Waals surface area contributed by atoms with Crippen LogP contribution in [0, 0.1) is 6.92 Å². The number of benzene rings is 1. The standard InChI is InChI=1S/C26H27ClN6O3/c1-14-5-7-18-21(28-14)22-24(33(3)31-30-22)26(18,34)15-6-8-19-17(13-15)20(27)23(25(29-19)35-4)36-16-9-11-32(2)12-10-16/h5-8,13,16,34H,9-12H2,1-4H3. The maximum Gasteiger partial charge on any atom is 0.258 e. The Kier molecular flexibility index (Phi) is 5.40. The molecule has 0 radical (unpaired) electrons. The van der Waals surface area contributed by atoms with E-state index in [1.807, 2.05) is 37.3 Å². The van der Waals surface area contributed by atoms with Gasteiger partial charge in [0.05, 0.1) is 23.3 Å². The quantitative estimate of drug-likeness (QED) is 0.449. The Bertz CT molecular complexity index is 1500. The fourth-order valence-corrected chi connectivity index (χ4v) is 5.57. The van der Waals surface area contributed by atoms with E-state index in [-0.39, 0.29) is 6.10 Å². The molecular weight excluding hydrogens is 480 g/mol. The molecule has 36 heavy (non-hydrogen) atoms. The minimum atomic E-state index is -1.50. The number of ether oxygens (including phenoxy) is 2. The number of pyridine rings is 2. The van der Waals surface area contributed by atoms with Crippen LogP contribution in [0.2, 0.25) is 5.02 Å². The first kappa shape index (κ1) is 23.1. The van der Waals surface area contributed by atoms with E-state index < -0.39 is 5.60 Å². The molecule has 1 N–H and O–H groups in total. The average molecular weight is 507 g/mol. The van der Waals surface area contributed by atoms with Crippen LogP contribution in [0.4, 0.5) is 0 Å². The number of aliphatic hydroxyl groups is 1. The van der Waals surface area contributed by atoms with Gasteiger partial charge in [-0.1, -0.05) is 28.9 Å². The van der Waals surface area contributed by atoms with Gasteiger partial charge >= 0.3 is 0 Å². The number of fused-ring (bicyclic) bond motifs is 4. The SMILES string of the molecule is COc1nc2ccc(C3(O)c4ccc(C)nc4-c4nnn(C)c43)cc2c(Cl)c1OC1CCN(C)CC1. The highest BCUT2D eigenvalue weighted by Crippen LogP contribution is 2.50. The predicted octanol–water partition coefficient (Wildman–Crippen LogP) is 3.47. The van der Waals surface area contributed by atoms with E-state index in [9.17, 15) is 5.11 Å². The number of aromatic nitrogens is 5. The largest absolute Gasteiger partial charge is 0.483 e. The Labute approximate surface area is 213 Å². The second-order valence-corrected chi connectivity index (χ2v) is 9.96. The summed E-state index contributed by atoms with van der Waals surface area (Å²) in [6.07, 6.45) is 1.82. The topological polar surface area (TPSA) is 98.4 Å². The molecule has 4 aromatic rings. The van der Waals surface area contributed by atoms with Crippen LogP contribution in [0.5, 0.6) is 11.6 Å². The van der Waals surface area contributed by atoms with Crippen LogP contribution < -0.4 is 9.47 Å². The summed E-state index contributed by atoms with van der Waals surface area (Å²) in [6.45, 7) is 3.82. The second kappa shape index (κ2) is 8.40. The summed E-state index contributed by atoms with van der Waals surface area (Å²) in [7, 11) is 5.43. The van der Waals surface area contributed by atoms with Gasteiger partial charge in [-0.2, -0.15) is 0 Å². The molecule has 1 aromatic carbocycles. The molecule has 6 rings (SSSR count). The van der Waals surface area contributed by atoms with E-state index in [2.05, 4.69) is 32.2 Å². The summed E-state index contributed by atoms with van der Waals surface area (Å²) in [5, 5.41) is 21.8. The molecule has 2 aliphatic rings. The smallest absolute Gasteiger partial charge is 0.258 e. The van der Waals surface area contributed by atoms with E-state index in [4.69, 9.17) is 21.1 Å². The summed E-state index contributed by atoms with van der Waals surface area (Å²) in [4.78, 5) is 11.6. The monoisotopic (exact) mass is 506 g/mol. The molecule has 1 fully saturated rings. The van der Waals surface area contributed by atoms with Crippen molar-refractivity contribution in [2.24, 2.45) is 7.05 Å². The molecule has 4 heterocycles. The van der Waals surface area contributed by atoms with Crippen molar-refractivity contribution in [1.82, 2.24) is 29.9 Å². The lowest BCUT2D eigenvalue weighted by molar-refractivity contribution is 0.110. The molecule has 1 unspecified atom stereocenters. The number of aryl methyl sites for hydroxylation is 2. The summed E-state index contributed by atoms with van der Waals surface area (Å²) < 4.78 is 13.5. The maximum atomic E-state index is 12.3. The van der Waals surface area contributed by atoms with Gasteiger partial charge in [0, 0.05) is 36.8 Å². The zero-order valence-corrected chi connectivity index (χ0v) is 21.4. The molecule has 1 aliphatic carbocycles. The average Bonchev–Trinajstić information content (AvgIpc) is 3.38. The van der Waals surface area contributed by atoms with E-state index in [0.717, 1.165) is 31.6 Å². The fraction of sp³-hybridized carbons (Fsp3) is 0.385. The molecule has 3 aromatic heterocycles. The van der Waals surface area contributed by atoms with Crippen molar-refractivity contribution in [1.29, 1.82) is 0 Å². The highest BCUT2D eigenvalue weighted by atomic mass is 35.5. The summed E-state index contributed by atoms with van der Waals surface area (Å²) >= 11 is 6.95. The Morgan fingerprint density at radius 2 is 1.86 bits per heavy atom. The molecular formula is C26H27ClN6O3. The fourth-order valence-electron chi connectivity index (χ4n) is 5.29. The molecule has 9 nitrogen and oxygen atoms in total. The van der Waals surface area contributed by atoms with Crippen molar-refractivity contribution in [3.63, 3.8) is 0 Å². The summed E-state index contributed by atoms with van der Waals surface area (Å²) in [6, 6.07) is 9.31. The van der Waals surface area contributed by atoms with Crippen LogP contribution in [0.1, 0.15) is 35.4 Å². The molecule has 0 spiro atoms. The molecule has 186 valence electrons. The van der Waals surface area contributed by atoms with Gasteiger partial charge in [-0.3, -0.25) is 4.98 Å². The number of hydrogen-bond donors (Lipinski definition) is 1. The Hall–Kier alpha value is -3.27. The molecule has 1 aliphatic heterocycles. The lowest BCUT2D eigenvalue weighted by atomic mass is 9.86. The van der Waals surface area contributed by atoms with Gasteiger partial charge in [-0.05, 0) is 50.6 Å². The first-order valence-corrected chi connectivity index (χ1v) is 12.3. The van der Waals surface area contributed by atoms with Gasteiger partial charge in [0.1, 0.15) is 17.5 Å². The van der Waals surface area contributed by atoms with Crippen LogP contribution in [0.25, 0.3) is 22.3 Å². The van der Waals surface area contributed by atoms with Crippen molar-refractivity contribution < 1.29 is 14.6 Å². The molecule has 1 atom stereocenters. The number of piperidine rings is 1. The highest BCUT2D eigenvalue weighted by molar-refractivity contribution is 6.37. The van der Waals surface area contributed by atoms with Crippen LogP contribution in [-0.2, 0) is 12.6 Å². The van der Waals surface area contributed by atoms with Gasteiger partial charge in [-0.25, -0.2) is 9.67 Å². The van der Waals surface area contributed by atoms with Gasteiger partial charge in [0.15, 0.2) is 5.60 Å². The molecule has 0 bridgehead atoms. The lowest BCUT2D eigenvalue weighted by Gasteiger charge is -2.30. The third-order valence-electron chi connectivity index (χ3n) is 7.23. The Morgan fingerprint density at radius 1 is 1.08 bits per heavy atom. The molecule has 1 saturated heterocycles. The maximum absolute atomic E-state index is 12.3. The minimum absolute atomic E-state index is 0.0262. The van der Waals surface area contributed by atoms with E-state index >= 15 is 0 Å². The second-order valence-electron chi connectivity index (χ2n) is 9.59. The number of methoxy groups -OCH3 is 1. The van der Waals surface area contributed by atoms with Gasteiger partial charge in [-0.15, -0.1) is 5.10 Å². The predicted molar refractivity (Wildman–Crippen MR) is 136 cm³/mol. The summed E-state index contributed by atoms with van der Waals surface area (Å²) in [5.41, 5.74) is 3.02. The van der Waals surface area contributed by atoms with Crippen molar-refractivity contribution in [3.8, 4) is 23.0 Å². The Balaban J connectivity index is 1.50. The zero-order chi connectivity index (χ0) is 25.2. The van der Waals surface area contributed by atoms with Crippen molar-refractivity contribution in [3.05, 3.63) is 57.9 Å². The van der Waals surface area contributed by atoms with Crippen LogP contribution >= 0.6 is 11.6 Å². The number of nitrogens with zero attached hydrogens (tertiary/aromatic N) is 6. The number of hydrogen-bond acceptors (Lipinski definition) is 8. The van der Waals surface area contributed by atoms with Crippen molar-refractivity contribution in [2.75, 3.05) is 27.2 Å². The number of rotatable bonds is 4. The number of likely N-dealkylation sites (tertiary alicyclic amines) is 1. The minimum Gasteiger partial charge on any atom is -0.483 e. The molecule has 10 heteroatoms. The van der Waals surface area contributed by atoms with Crippen molar-refractivity contribution >= 4 is 22.5 Å². The van der Waals surface area contributed by atoms with Gasteiger partial charge < -0.3 is 19.5 Å². The molecule has 0 amide bonds. The number of halogens is 1. The zero-order valence-electron chi connectivity index (χ0n) is 20.6. The van der Waals surface area contributed by atoms with Crippen molar-refractivity contribution in [2.45, 2.75) is 31.5 Å². The first-order valence-electron chi connectivity index (χ1n) is 11.9. The van der Waals surface area contributed by atoms with E-state index in [1.165, 1.54) is 0 Å². The van der Waals surface area contributed by atoms with Crippen LogP contribution in [-0.4, -0.2) is 68.3 Å². The van der Waals surface area contributed by atoms with Gasteiger partial charge in [0.2, 0.25) is 5.75 Å². The highest BCUT2D eigenvalue weighted by Gasteiger charge is 2.48. The molecule has 0 saturated carbocycles. The van der Waals surface area contributed by atoms with Crippen LogP contribution in [0.3, 0.4) is 0 Å². The summed E-state index contributed by atoms with van der Waals surface area (Å²) in [5.74, 6) is 0.777. The Morgan fingerprint density at radius 3 is 2.61 bits per heavy atom. The van der Waals surface area contributed by atoms with E-state index in [0.29, 0.717) is 55.8 Å². The third-order valence-corrected chi connectivity index (χ3v) is 7.60. The first-order chi connectivity index (χ1) is 17.3. The van der Waals surface area contributed by atoms with E-state index in [1.54, 1.807) is 18.8 Å². The van der Waals surface area contributed by atoms with Gasteiger partial charge in [0.25, 0.3) is 5.88 Å².